The third kappa shape index (κ3) is 3.99. The Bertz CT molecular complexity index is 690. The number of sulfone groups is 1. The van der Waals surface area contributed by atoms with E-state index >= 15 is 0 Å². The Labute approximate surface area is 138 Å². The van der Waals surface area contributed by atoms with Gasteiger partial charge in [0.05, 0.1) is 21.2 Å². The van der Waals surface area contributed by atoms with Gasteiger partial charge in [-0.25, -0.2) is 8.42 Å². The van der Waals surface area contributed by atoms with Gasteiger partial charge in [0.1, 0.15) is 0 Å². The number of benzene rings is 1. The Hall–Kier alpha value is -0.830. The molecular weight excluding hydrogens is 353 g/mol. The first-order valence-corrected chi connectivity index (χ1v) is 9.07. The molecule has 0 fully saturated rings. The number of fused-ring (bicyclic) bond motifs is 1. The van der Waals surface area contributed by atoms with Crippen LogP contribution in [0.1, 0.15) is 23.6 Å². The van der Waals surface area contributed by atoms with Gasteiger partial charge in [-0.3, -0.25) is 0 Å². The molecule has 1 aliphatic heterocycles. The van der Waals surface area contributed by atoms with E-state index in [-0.39, 0.29) is 10.6 Å². The largest absolute Gasteiger partial charge is 0.417 e. The van der Waals surface area contributed by atoms with Crippen LogP contribution >= 0.6 is 11.6 Å². The smallest absolute Gasteiger partial charge is 0.309 e. The van der Waals surface area contributed by atoms with Crippen LogP contribution in [0, 0.1) is 0 Å². The van der Waals surface area contributed by atoms with Crippen LogP contribution in [0.25, 0.3) is 0 Å². The molecule has 4 nitrogen and oxygen atoms in total. The van der Waals surface area contributed by atoms with Gasteiger partial charge in [0.2, 0.25) is 0 Å². The fraction of sp³-hybridized carbons (Fsp3) is 0.571. The van der Waals surface area contributed by atoms with E-state index in [9.17, 15) is 21.6 Å². The van der Waals surface area contributed by atoms with Gasteiger partial charge in [-0.2, -0.15) is 13.2 Å². The first-order valence-electron chi connectivity index (χ1n) is 7.04. The maximum atomic E-state index is 12.9. The third-order valence-corrected chi connectivity index (χ3v) is 6.02. The minimum atomic E-state index is -4.68. The van der Waals surface area contributed by atoms with Crippen molar-refractivity contribution in [1.29, 1.82) is 0 Å². The summed E-state index contributed by atoms with van der Waals surface area (Å²) >= 11 is 5.76. The second-order valence-corrected chi connectivity index (χ2v) is 8.14. The maximum Gasteiger partial charge on any atom is 0.417 e. The zero-order chi connectivity index (χ0) is 17.4. The summed E-state index contributed by atoms with van der Waals surface area (Å²) in [5.41, 5.74) is -0.803. The molecule has 0 saturated carbocycles. The monoisotopic (exact) mass is 370 g/mol. The number of rotatable bonds is 5. The summed E-state index contributed by atoms with van der Waals surface area (Å²) in [6.07, 6.45) is -3.88. The quantitative estimate of drug-likeness (QED) is 0.810. The second-order valence-electron chi connectivity index (χ2n) is 5.79. The highest BCUT2D eigenvalue weighted by molar-refractivity contribution is 7.92. The summed E-state index contributed by atoms with van der Waals surface area (Å²) in [5, 5.41) is 2.36. The van der Waals surface area contributed by atoms with Gasteiger partial charge in [-0.15, -0.1) is 0 Å². The summed E-state index contributed by atoms with van der Waals surface area (Å²) in [6, 6.07) is 1.52. The van der Waals surface area contributed by atoms with Crippen molar-refractivity contribution >= 4 is 21.4 Å². The molecule has 0 aromatic heterocycles. The lowest BCUT2D eigenvalue weighted by molar-refractivity contribution is -0.137. The predicted octanol–water partition coefficient (Wildman–Crippen LogP) is 2.73. The molecule has 1 aromatic carbocycles. The number of hydrogen-bond acceptors (Lipinski definition) is 4. The topological polar surface area (TPSA) is 49.4 Å². The van der Waals surface area contributed by atoms with Crippen LogP contribution in [0.4, 0.5) is 13.2 Å². The van der Waals surface area contributed by atoms with Crippen molar-refractivity contribution in [2.45, 2.75) is 23.5 Å². The first kappa shape index (κ1) is 18.5. The number of alkyl halides is 3. The Morgan fingerprint density at radius 3 is 2.57 bits per heavy atom. The molecular formula is C14H18ClF3N2O2S. The van der Waals surface area contributed by atoms with Crippen LogP contribution in [-0.4, -0.2) is 46.3 Å². The van der Waals surface area contributed by atoms with Crippen molar-refractivity contribution in [3.05, 3.63) is 28.3 Å². The highest BCUT2D eigenvalue weighted by Gasteiger charge is 2.42. The molecule has 0 bridgehead atoms. The lowest BCUT2D eigenvalue weighted by atomic mass is 10.1. The third-order valence-electron chi connectivity index (χ3n) is 3.68. The van der Waals surface area contributed by atoms with Crippen molar-refractivity contribution in [2.24, 2.45) is 0 Å². The normalized spacial score (nSPS) is 20.0. The van der Waals surface area contributed by atoms with E-state index in [4.69, 9.17) is 11.6 Å². The van der Waals surface area contributed by atoms with Crippen molar-refractivity contribution in [3.63, 3.8) is 0 Å². The van der Waals surface area contributed by atoms with E-state index in [1.54, 1.807) is 0 Å². The van der Waals surface area contributed by atoms with E-state index in [0.29, 0.717) is 12.1 Å². The van der Waals surface area contributed by atoms with Crippen LogP contribution in [0.2, 0.25) is 5.02 Å². The number of nitrogens with one attached hydrogen (secondary N) is 1. The Balaban J connectivity index is 2.28. The second kappa shape index (κ2) is 6.58. The van der Waals surface area contributed by atoms with Gasteiger partial charge in [-0.05, 0) is 45.2 Å². The van der Waals surface area contributed by atoms with E-state index in [1.807, 2.05) is 19.0 Å². The zero-order valence-electron chi connectivity index (χ0n) is 12.7. The summed E-state index contributed by atoms with van der Waals surface area (Å²) in [7, 11) is 0.0222. The molecule has 1 heterocycles. The molecule has 1 atom stereocenters. The van der Waals surface area contributed by atoms with Crippen LogP contribution in [-0.2, 0) is 16.0 Å². The molecule has 0 amide bonds. The Morgan fingerprint density at radius 2 is 2.00 bits per heavy atom. The highest BCUT2D eigenvalue weighted by atomic mass is 35.5. The fourth-order valence-corrected chi connectivity index (χ4v) is 5.10. The maximum absolute atomic E-state index is 12.9. The molecule has 9 heteroatoms. The molecule has 0 aliphatic carbocycles. The van der Waals surface area contributed by atoms with Crippen molar-refractivity contribution in [2.75, 3.05) is 32.9 Å². The number of halogens is 4. The average Bonchev–Trinajstić information content (AvgIpc) is 2.65. The lowest BCUT2D eigenvalue weighted by Gasteiger charge is -2.15. The van der Waals surface area contributed by atoms with E-state index < -0.39 is 32.6 Å². The molecule has 0 saturated heterocycles. The zero-order valence-corrected chi connectivity index (χ0v) is 14.3. The molecule has 130 valence electrons. The molecule has 1 unspecified atom stereocenters. The fourth-order valence-electron chi connectivity index (χ4n) is 2.61. The summed E-state index contributed by atoms with van der Waals surface area (Å²) in [5.74, 6) is -0.272. The van der Waals surface area contributed by atoms with E-state index in [0.717, 1.165) is 19.0 Å². The van der Waals surface area contributed by atoms with E-state index in [2.05, 4.69) is 5.32 Å². The van der Waals surface area contributed by atoms with E-state index in [1.165, 1.54) is 6.07 Å². The summed E-state index contributed by atoms with van der Waals surface area (Å²) in [4.78, 5) is 1.60. The standard InChI is InChI=1S/C14H18ClF3N2O2S/c1-20(2)7-3-6-19-11-8-23(21,22)13-9(11)4-5-10(12(13)15)14(16,17)18/h4-5,11,19H,3,6-8H2,1-2H3. The van der Waals surface area contributed by atoms with Gasteiger partial charge in [0, 0.05) is 6.04 Å². The molecule has 1 aromatic rings. The minimum Gasteiger partial charge on any atom is -0.309 e. The SMILES string of the molecule is CN(C)CCCNC1CS(=O)(=O)c2c1ccc(C(F)(F)F)c2Cl. The van der Waals surface area contributed by atoms with Gasteiger partial charge in [-0.1, -0.05) is 17.7 Å². The minimum absolute atomic E-state index is 0.272. The van der Waals surface area contributed by atoms with Crippen LogP contribution in [0.15, 0.2) is 17.0 Å². The van der Waals surface area contributed by atoms with Crippen LogP contribution < -0.4 is 5.32 Å². The van der Waals surface area contributed by atoms with Crippen LogP contribution in [0.5, 0.6) is 0 Å². The Morgan fingerprint density at radius 1 is 1.35 bits per heavy atom. The summed E-state index contributed by atoms with van der Waals surface area (Å²) in [6.45, 7) is 1.39. The van der Waals surface area contributed by atoms with Crippen molar-refractivity contribution in [1.82, 2.24) is 10.2 Å². The van der Waals surface area contributed by atoms with Gasteiger partial charge in [0.25, 0.3) is 0 Å². The molecule has 2 rings (SSSR count). The van der Waals surface area contributed by atoms with Crippen molar-refractivity contribution in [3.8, 4) is 0 Å². The molecule has 0 radical (unpaired) electrons. The van der Waals surface area contributed by atoms with Crippen molar-refractivity contribution < 1.29 is 21.6 Å². The highest BCUT2D eigenvalue weighted by Crippen LogP contribution is 2.44. The molecule has 1 N–H and O–H groups in total. The van der Waals surface area contributed by atoms with Gasteiger partial charge < -0.3 is 10.2 Å². The predicted molar refractivity (Wildman–Crippen MR) is 82.4 cm³/mol. The van der Waals surface area contributed by atoms with Gasteiger partial charge >= 0.3 is 6.18 Å². The first-order chi connectivity index (χ1) is 10.5. The number of hydrogen-bond donors (Lipinski definition) is 1. The molecule has 0 spiro atoms. The molecule has 1 aliphatic rings. The van der Waals surface area contributed by atoms with Crippen LogP contribution in [0.3, 0.4) is 0 Å². The molecule has 23 heavy (non-hydrogen) atoms. The number of nitrogens with zero attached hydrogens (tertiary/aromatic N) is 1. The summed E-state index contributed by atoms with van der Waals surface area (Å²) < 4.78 is 63.1. The van der Waals surface area contributed by atoms with Gasteiger partial charge in [0.15, 0.2) is 9.84 Å². The average molecular weight is 371 g/mol. The lowest BCUT2D eigenvalue weighted by Crippen LogP contribution is -2.26. The Kier molecular flexibility index (Phi) is 5.30.